The van der Waals surface area contributed by atoms with Gasteiger partial charge in [0, 0.05) is 10.5 Å². The maximum Gasteiger partial charge on any atom is 0.142 e. The van der Waals surface area contributed by atoms with E-state index in [0.717, 1.165) is 15.9 Å². The maximum atomic E-state index is 5.70. The highest BCUT2D eigenvalue weighted by molar-refractivity contribution is 9.10. The first-order chi connectivity index (χ1) is 9.60. The van der Waals surface area contributed by atoms with E-state index in [9.17, 15) is 0 Å². The van der Waals surface area contributed by atoms with Gasteiger partial charge in [0.1, 0.15) is 5.75 Å². The number of aryl methyl sites for hydroxylation is 1. The summed E-state index contributed by atoms with van der Waals surface area (Å²) in [5.41, 5.74) is 3.49. The molecule has 0 aromatic heterocycles. The standard InChI is InChI=1S/C17H20BrNO/c1-4-20-17-11-12(2)5-10-16(17)19-13(3)14-6-8-15(18)9-7-14/h5-11,13,19H,4H2,1-3H3. The van der Waals surface area contributed by atoms with Crippen LogP contribution < -0.4 is 10.1 Å². The lowest BCUT2D eigenvalue weighted by atomic mass is 10.1. The number of benzene rings is 2. The second-order valence-corrected chi connectivity index (χ2v) is 5.77. The zero-order valence-electron chi connectivity index (χ0n) is 12.1. The van der Waals surface area contributed by atoms with E-state index in [2.05, 4.69) is 77.6 Å². The Morgan fingerprint density at radius 3 is 2.50 bits per heavy atom. The van der Waals surface area contributed by atoms with Crippen LogP contribution in [-0.2, 0) is 0 Å². The summed E-state index contributed by atoms with van der Waals surface area (Å²) < 4.78 is 6.80. The molecule has 0 aliphatic rings. The highest BCUT2D eigenvalue weighted by Gasteiger charge is 2.09. The molecule has 20 heavy (non-hydrogen) atoms. The van der Waals surface area contributed by atoms with Crippen LogP contribution in [0.1, 0.15) is 31.0 Å². The number of nitrogens with one attached hydrogen (secondary N) is 1. The lowest BCUT2D eigenvalue weighted by Crippen LogP contribution is -2.08. The number of hydrogen-bond acceptors (Lipinski definition) is 2. The van der Waals surface area contributed by atoms with Crippen LogP contribution in [0.3, 0.4) is 0 Å². The van der Waals surface area contributed by atoms with Crippen molar-refractivity contribution in [3.63, 3.8) is 0 Å². The predicted molar refractivity (Wildman–Crippen MR) is 88.5 cm³/mol. The average Bonchev–Trinajstić information content (AvgIpc) is 2.43. The number of rotatable bonds is 5. The fourth-order valence-corrected chi connectivity index (χ4v) is 2.36. The highest BCUT2D eigenvalue weighted by Crippen LogP contribution is 2.29. The summed E-state index contributed by atoms with van der Waals surface area (Å²) in [7, 11) is 0. The van der Waals surface area contributed by atoms with Gasteiger partial charge in [-0.1, -0.05) is 34.1 Å². The van der Waals surface area contributed by atoms with Gasteiger partial charge < -0.3 is 10.1 Å². The minimum atomic E-state index is 0.227. The third kappa shape index (κ3) is 3.76. The molecule has 1 N–H and O–H groups in total. The van der Waals surface area contributed by atoms with Crippen LogP contribution in [0.5, 0.6) is 5.75 Å². The molecule has 0 spiro atoms. The molecular weight excluding hydrogens is 314 g/mol. The van der Waals surface area contributed by atoms with Crippen molar-refractivity contribution in [3.05, 3.63) is 58.1 Å². The van der Waals surface area contributed by atoms with E-state index in [1.165, 1.54) is 11.1 Å². The van der Waals surface area contributed by atoms with Gasteiger partial charge in [-0.05, 0) is 56.2 Å². The van der Waals surface area contributed by atoms with Gasteiger partial charge in [-0.3, -0.25) is 0 Å². The fourth-order valence-electron chi connectivity index (χ4n) is 2.09. The van der Waals surface area contributed by atoms with Crippen molar-refractivity contribution >= 4 is 21.6 Å². The van der Waals surface area contributed by atoms with E-state index in [-0.39, 0.29) is 6.04 Å². The van der Waals surface area contributed by atoms with Crippen LogP contribution in [0.25, 0.3) is 0 Å². The Bertz CT molecular complexity index is 566. The van der Waals surface area contributed by atoms with Crippen LogP contribution in [0, 0.1) is 6.92 Å². The van der Waals surface area contributed by atoms with Crippen molar-refractivity contribution in [1.82, 2.24) is 0 Å². The Morgan fingerprint density at radius 2 is 1.85 bits per heavy atom. The summed E-state index contributed by atoms with van der Waals surface area (Å²) in [6, 6.07) is 14.8. The topological polar surface area (TPSA) is 21.3 Å². The highest BCUT2D eigenvalue weighted by atomic mass is 79.9. The van der Waals surface area contributed by atoms with Gasteiger partial charge in [-0.15, -0.1) is 0 Å². The Hall–Kier alpha value is -1.48. The van der Waals surface area contributed by atoms with Crippen LogP contribution in [-0.4, -0.2) is 6.61 Å². The van der Waals surface area contributed by atoms with Gasteiger partial charge in [0.2, 0.25) is 0 Å². The monoisotopic (exact) mass is 333 g/mol. The molecule has 106 valence electrons. The number of ether oxygens (including phenoxy) is 1. The van der Waals surface area contributed by atoms with E-state index in [0.29, 0.717) is 6.61 Å². The van der Waals surface area contributed by atoms with E-state index >= 15 is 0 Å². The maximum absolute atomic E-state index is 5.70. The van der Waals surface area contributed by atoms with Crippen molar-refractivity contribution in [2.75, 3.05) is 11.9 Å². The van der Waals surface area contributed by atoms with Crippen molar-refractivity contribution in [3.8, 4) is 5.75 Å². The van der Waals surface area contributed by atoms with Gasteiger partial charge >= 0.3 is 0 Å². The zero-order chi connectivity index (χ0) is 14.5. The molecule has 2 nitrogen and oxygen atoms in total. The summed E-state index contributed by atoms with van der Waals surface area (Å²) in [5, 5.41) is 3.52. The SMILES string of the molecule is CCOc1cc(C)ccc1NC(C)c1ccc(Br)cc1. The predicted octanol–water partition coefficient (Wildman–Crippen LogP) is 5.33. The Kier molecular flexibility index (Phi) is 5.07. The van der Waals surface area contributed by atoms with Crippen LogP contribution in [0.15, 0.2) is 46.9 Å². The number of anilines is 1. The van der Waals surface area contributed by atoms with Gasteiger partial charge in [-0.2, -0.15) is 0 Å². The molecule has 1 unspecified atom stereocenters. The summed E-state index contributed by atoms with van der Waals surface area (Å²) >= 11 is 3.46. The molecule has 0 saturated carbocycles. The molecule has 2 rings (SSSR count). The molecule has 0 fully saturated rings. The van der Waals surface area contributed by atoms with E-state index in [1.54, 1.807) is 0 Å². The number of hydrogen-bond donors (Lipinski definition) is 1. The summed E-state index contributed by atoms with van der Waals surface area (Å²) in [5.74, 6) is 0.913. The second-order valence-electron chi connectivity index (χ2n) is 4.85. The molecule has 0 aliphatic carbocycles. The minimum absolute atomic E-state index is 0.227. The quantitative estimate of drug-likeness (QED) is 0.798. The normalized spacial score (nSPS) is 12.0. The van der Waals surface area contributed by atoms with E-state index in [4.69, 9.17) is 4.74 Å². The third-order valence-corrected chi connectivity index (χ3v) is 3.71. The molecule has 0 heterocycles. The van der Waals surface area contributed by atoms with Gasteiger partial charge in [0.05, 0.1) is 12.3 Å². The first-order valence-electron chi connectivity index (χ1n) is 6.85. The van der Waals surface area contributed by atoms with E-state index in [1.807, 2.05) is 6.92 Å². The first kappa shape index (κ1) is 14.9. The van der Waals surface area contributed by atoms with Gasteiger partial charge in [0.15, 0.2) is 0 Å². The Labute approximate surface area is 129 Å². The van der Waals surface area contributed by atoms with Gasteiger partial charge in [-0.25, -0.2) is 0 Å². The summed E-state index contributed by atoms with van der Waals surface area (Å²) in [6.07, 6.45) is 0. The Balaban J connectivity index is 2.18. The molecule has 0 bridgehead atoms. The summed E-state index contributed by atoms with van der Waals surface area (Å²) in [4.78, 5) is 0. The molecule has 0 radical (unpaired) electrons. The molecule has 0 amide bonds. The Morgan fingerprint density at radius 1 is 1.15 bits per heavy atom. The van der Waals surface area contributed by atoms with Gasteiger partial charge in [0.25, 0.3) is 0 Å². The zero-order valence-corrected chi connectivity index (χ0v) is 13.7. The lowest BCUT2D eigenvalue weighted by Gasteiger charge is -2.19. The largest absolute Gasteiger partial charge is 0.492 e. The molecule has 2 aromatic carbocycles. The third-order valence-electron chi connectivity index (χ3n) is 3.18. The van der Waals surface area contributed by atoms with Crippen molar-refractivity contribution in [2.45, 2.75) is 26.8 Å². The average molecular weight is 334 g/mol. The van der Waals surface area contributed by atoms with Crippen LogP contribution >= 0.6 is 15.9 Å². The second kappa shape index (κ2) is 6.80. The number of halogens is 1. The molecule has 0 saturated heterocycles. The molecule has 3 heteroatoms. The van der Waals surface area contributed by atoms with Crippen LogP contribution in [0.4, 0.5) is 5.69 Å². The van der Waals surface area contributed by atoms with Crippen molar-refractivity contribution in [2.24, 2.45) is 0 Å². The summed E-state index contributed by atoms with van der Waals surface area (Å²) in [6.45, 7) is 6.90. The smallest absolute Gasteiger partial charge is 0.142 e. The van der Waals surface area contributed by atoms with E-state index < -0.39 is 0 Å². The minimum Gasteiger partial charge on any atom is -0.492 e. The molecule has 2 aromatic rings. The molecule has 0 aliphatic heterocycles. The molecule has 1 atom stereocenters. The first-order valence-corrected chi connectivity index (χ1v) is 7.65. The van der Waals surface area contributed by atoms with Crippen LogP contribution in [0.2, 0.25) is 0 Å². The fraction of sp³-hybridized carbons (Fsp3) is 0.294. The molecular formula is C17H20BrNO. The van der Waals surface area contributed by atoms with Crippen molar-refractivity contribution < 1.29 is 4.74 Å². The van der Waals surface area contributed by atoms with Crippen molar-refractivity contribution in [1.29, 1.82) is 0 Å². The lowest BCUT2D eigenvalue weighted by molar-refractivity contribution is 0.341.